The van der Waals surface area contributed by atoms with E-state index in [0.717, 1.165) is 30.4 Å². The monoisotopic (exact) mass is 282 g/mol. The first kappa shape index (κ1) is 13.4. The molecule has 2 aliphatic carbocycles. The van der Waals surface area contributed by atoms with Gasteiger partial charge in [0.05, 0.1) is 4.90 Å². The molecule has 0 atom stereocenters. The van der Waals surface area contributed by atoms with Crippen molar-refractivity contribution < 1.29 is 8.42 Å². The molecular formula is C14H15ClO2S. The fraction of sp³-hybridized carbons (Fsp3) is 0.286. The molecule has 4 heteroatoms. The number of aryl methyl sites for hydroxylation is 1. The average molecular weight is 283 g/mol. The number of hydrogen-bond acceptors (Lipinski definition) is 2. The molecule has 0 amide bonds. The van der Waals surface area contributed by atoms with Crippen LogP contribution in [0.5, 0.6) is 0 Å². The third kappa shape index (κ3) is 2.68. The zero-order chi connectivity index (χ0) is 13.2. The van der Waals surface area contributed by atoms with Crippen molar-refractivity contribution in [3.8, 4) is 11.1 Å². The van der Waals surface area contributed by atoms with E-state index >= 15 is 0 Å². The van der Waals surface area contributed by atoms with Crippen molar-refractivity contribution in [1.29, 1.82) is 0 Å². The van der Waals surface area contributed by atoms with E-state index in [1.807, 2.05) is 24.3 Å². The van der Waals surface area contributed by atoms with E-state index in [2.05, 4.69) is 6.92 Å². The van der Waals surface area contributed by atoms with Crippen LogP contribution < -0.4 is 0 Å². The van der Waals surface area contributed by atoms with Crippen molar-refractivity contribution in [2.45, 2.75) is 31.1 Å². The maximum Gasteiger partial charge on any atom is 0.261 e. The summed E-state index contributed by atoms with van der Waals surface area (Å²) in [5, 5.41) is 0. The van der Waals surface area contributed by atoms with Crippen molar-refractivity contribution in [2.75, 3.05) is 0 Å². The van der Waals surface area contributed by atoms with Crippen LogP contribution in [0.2, 0.25) is 0 Å². The lowest BCUT2D eigenvalue weighted by atomic mass is 10.1. The number of hydrogen-bond donors (Lipinski definition) is 0. The van der Waals surface area contributed by atoms with Gasteiger partial charge in [0.1, 0.15) is 0 Å². The molecule has 0 aromatic carbocycles. The zero-order valence-corrected chi connectivity index (χ0v) is 11.8. The Morgan fingerprint density at radius 1 is 1.11 bits per heavy atom. The molecule has 0 aromatic heterocycles. The van der Waals surface area contributed by atoms with E-state index < -0.39 is 9.05 Å². The normalized spacial score (nSPS) is 11.9. The first-order valence-corrected chi connectivity index (χ1v) is 8.30. The van der Waals surface area contributed by atoms with Crippen molar-refractivity contribution in [3.63, 3.8) is 0 Å². The lowest BCUT2D eigenvalue weighted by Crippen LogP contribution is -1.88. The van der Waals surface area contributed by atoms with Crippen molar-refractivity contribution in [1.82, 2.24) is 0 Å². The van der Waals surface area contributed by atoms with Gasteiger partial charge < -0.3 is 0 Å². The van der Waals surface area contributed by atoms with Gasteiger partial charge in [0.15, 0.2) is 0 Å². The van der Waals surface area contributed by atoms with Gasteiger partial charge in [-0.25, -0.2) is 8.42 Å². The molecule has 0 heterocycles. The third-order valence-electron chi connectivity index (χ3n) is 3.02. The molecule has 0 aliphatic heterocycles. The summed E-state index contributed by atoms with van der Waals surface area (Å²) >= 11 is 0. The first-order chi connectivity index (χ1) is 8.54. The van der Waals surface area contributed by atoms with Gasteiger partial charge in [-0.05, 0) is 30.0 Å². The molecule has 96 valence electrons. The van der Waals surface area contributed by atoms with Gasteiger partial charge in [0, 0.05) is 16.2 Å². The Morgan fingerprint density at radius 2 is 1.78 bits per heavy atom. The predicted octanol–water partition coefficient (Wildman–Crippen LogP) is 4.06. The second-order valence-corrected chi connectivity index (χ2v) is 6.85. The third-order valence-corrected chi connectivity index (χ3v) is 4.38. The number of halogens is 1. The van der Waals surface area contributed by atoms with Crippen LogP contribution in [0.15, 0.2) is 41.3 Å². The molecule has 2 aliphatic rings. The highest BCUT2D eigenvalue weighted by atomic mass is 35.7. The summed E-state index contributed by atoms with van der Waals surface area (Å²) < 4.78 is 23.2. The standard InChI is InChI=1S/C14H15ClO2S/c1-2-3-7-11-10-14(18(15,16)17)13-9-6-4-5-8-12(11)13/h4-6,8-10H,2-3,7H2,1H3. The molecule has 0 saturated carbocycles. The molecule has 2 rings (SSSR count). The highest BCUT2D eigenvalue weighted by Crippen LogP contribution is 2.37. The minimum absolute atomic E-state index is 0.224. The van der Waals surface area contributed by atoms with E-state index in [9.17, 15) is 8.42 Å². The van der Waals surface area contributed by atoms with E-state index in [-0.39, 0.29) is 4.90 Å². The fourth-order valence-corrected chi connectivity index (χ4v) is 3.24. The van der Waals surface area contributed by atoms with Crippen LogP contribution in [0.4, 0.5) is 0 Å². The van der Waals surface area contributed by atoms with Crippen LogP contribution in [0, 0.1) is 0 Å². The summed E-state index contributed by atoms with van der Waals surface area (Å²) in [4.78, 5) is 0.224. The summed E-state index contributed by atoms with van der Waals surface area (Å²) in [5.74, 6) is 0. The molecule has 18 heavy (non-hydrogen) atoms. The van der Waals surface area contributed by atoms with Crippen LogP contribution in [0.3, 0.4) is 0 Å². The quantitative estimate of drug-likeness (QED) is 0.793. The highest BCUT2D eigenvalue weighted by molar-refractivity contribution is 8.13. The molecule has 0 spiro atoms. The second-order valence-electron chi connectivity index (χ2n) is 4.31. The number of rotatable bonds is 4. The van der Waals surface area contributed by atoms with Crippen molar-refractivity contribution >= 4 is 19.7 Å². The largest absolute Gasteiger partial charge is 0.261 e. The van der Waals surface area contributed by atoms with Gasteiger partial charge in [0.25, 0.3) is 9.05 Å². The molecule has 0 bridgehead atoms. The van der Waals surface area contributed by atoms with Crippen LogP contribution in [-0.2, 0) is 15.5 Å². The van der Waals surface area contributed by atoms with Gasteiger partial charge in [-0.1, -0.05) is 43.7 Å². The first-order valence-electron chi connectivity index (χ1n) is 5.99. The van der Waals surface area contributed by atoms with Gasteiger partial charge in [-0.15, -0.1) is 0 Å². The van der Waals surface area contributed by atoms with Crippen molar-refractivity contribution in [2.24, 2.45) is 0 Å². The minimum Gasteiger partial charge on any atom is -0.207 e. The molecule has 0 fully saturated rings. The molecule has 0 N–H and O–H groups in total. The van der Waals surface area contributed by atoms with Gasteiger partial charge in [-0.3, -0.25) is 0 Å². The maximum absolute atomic E-state index is 11.6. The smallest absolute Gasteiger partial charge is 0.207 e. The number of unbranched alkanes of at least 4 members (excludes halogenated alkanes) is 1. The summed E-state index contributed by atoms with van der Waals surface area (Å²) in [5.41, 5.74) is 2.75. The summed E-state index contributed by atoms with van der Waals surface area (Å²) in [6.07, 6.45) is 3.00. The predicted molar refractivity (Wildman–Crippen MR) is 74.7 cm³/mol. The summed E-state index contributed by atoms with van der Waals surface area (Å²) in [6, 6.07) is 11.1. The number of fused-ring (bicyclic) bond motifs is 1. The van der Waals surface area contributed by atoms with Gasteiger partial charge >= 0.3 is 0 Å². The van der Waals surface area contributed by atoms with Crippen LogP contribution in [-0.4, -0.2) is 8.42 Å². The lowest BCUT2D eigenvalue weighted by Gasteiger charge is -2.00. The minimum atomic E-state index is -3.69. The van der Waals surface area contributed by atoms with Crippen LogP contribution >= 0.6 is 10.7 Å². The topological polar surface area (TPSA) is 34.1 Å². The SMILES string of the molecule is CCCCc1cc(S(=O)(=O)Cl)c2cccccc1-2. The fourth-order valence-electron chi connectivity index (χ4n) is 2.13. The van der Waals surface area contributed by atoms with Gasteiger partial charge in [0.2, 0.25) is 0 Å². The Labute approximate surface area is 112 Å². The highest BCUT2D eigenvalue weighted by Gasteiger charge is 2.22. The molecular weight excluding hydrogens is 268 g/mol. The molecule has 0 aromatic rings. The second kappa shape index (κ2) is 5.29. The zero-order valence-electron chi connectivity index (χ0n) is 10.2. The summed E-state index contributed by atoms with van der Waals surface area (Å²) in [7, 11) is 1.81. The molecule has 0 unspecified atom stereocenters. The Balaban J connectivity index is 2.61. The summed E-state index contributed by atoms with van der Waals surface area (Å²) in [6.45, 7) is 2.12. The Hall–Kier alpha value is -1.06. The molecule has 2 nitrogen and oxygen atoms in total. The average Bonchev–Trinajstić information content (AvgIpc) is 2.49. The van der Waals surface area contributed by atoms with E-state index in [4.69, 9.17) is 10.7 Å². The Morgan fingerprint density at radius 3 is 2.39 bits per heavy atom. The van der Waals surface area contributed by atoms with Crippen LogP contribution in [0.25, 0.3) is 11.1 Å². The Kier molecular flexibility index (Phi) is 3.93. The maximum atomic E-state index is 11.6. The van der Waals surface area contributed by atoms with E-state index in [0.29, 0.717) is 5.56 Å². The van der Waals surface area contributed by atoms with Crippen molar-refractivity contribution in [3.05, 3.63) is 42.0 Å². The lowest BCUT2D eigenvalue weighted by molar-refractivity contribution is 0.610. The van der Waals surface area contributed by atoms with E-state index in [1.54, 1.807) is 12.1 Å². The molecule has 0 saturated heterocycles. The molecule has 0 radical (unpaired) electrons. The van der Waals surface area contributed by atoms with Crippen LogP contribution in [0.1, 0.15) is 25.3 Å². The Bertz CT molecular complexity index is 620. The van der Waals surface area contributed by atoms with E-state index in [1.165, 1.54) is 0 Å². The van der Waals surface area contributed by atoms with Gasteiger partial charge in [-0.2, -0.15) is 0 Å².